The first kappa shape index (κ1) is 34.3. The Labute approximate surface area is 320 Å². The van der Waals surface area contributed by atoms with Crippen LogP contribution in [0.1, 0.15) is 101 Å². The molecule has 0 atom stereocenters. The second-order valence-electron chi connectivity index (χ2n) is 16.9. The molecule has 0 radical (unpaired) electrons. The molecule has 9 rings (SSSR count). The Morgan fingerprint density at radius 2 is 0.667 bits per heavy atom. The summed E-state index contributed by atoms with van der Waals surface area (Å²) in [5.74, 6) is 1.71. The van der Waals surface area contributed by atoms with Gasteiger partial charge in [0.05, 0.1) is 0 Å². The molecule has 0 fully saturated rings. The molecule has 0 amide bonds. The molecule has 0 saturated heterocycles. The van der Waals surface area contributed by atoms with Crippen molar-refractivity contribution in [1.82, 2.24) is 0 Å². The zero-order chi connectivity index (χ0) is 37.4. The Morgan fingerprint density at radius 1 is 0.278 bits per heavy atom. The highest BCUT2D eigenvalue weighted by Crippen LogP contribution is 2.49. The molecule has 0 saturated carbocycles. The third-order valence-corrected chi connectivity index (χ3v) is 12.1. The summed E-state index contributed by atoms with van der Waals surface area (Å²) in [6.45, 7) is 18.6. The average molecular weight is 699 g/mol. The van der Waals surface area contributed by atoms with Crippen molar-refractivity contribution in [3.63, 3.8) is 0 Å². The van der Waals surface area contributed by atoms with Crippen molar-refractivity contribution in [1.29, 1.82) is 0 Å². The molecule has 0 unspecified atom stereocenters. The van der Waals surface area contributed by atoms with E-state index in [-0.39, 0.29) is 0 Å². The van der Waals surface area contributed by atoms with Gasteiger partial charge in [-0.1, -0.05) is 177 Å². The Balaban J connectivity index is 1.57. The number of hydrogen-bond acceptors (Lipinski definition) is 0. The normalized spacial score (nSPS) is 12.4. The van der Waals surface area contributed by atoms with E-state index in [1.54, 1.807) is 0 Å². The molecule has 9 aromatic rings. The molecule has 0 spiro atoms. The van der Waals surface area contributed by atoms with Crippen LogP contribution in [0.4, 0.5) is 0 Å². The first-order valence-electron chi connectivity index (χ1n) is 20.0. The minimum absolute atomic E-state index is 0.426. The predicted molar refractivity (Wildman–Crippen MR) is 239 cm³/mol. The summed E-state index contributed by atoms with van der Waals surface area (Å²) in [7, 11) is 0. The fourth-order valence-electron chi connectivity index (χ4n) is 8.99. The lowest BCUT2D eigenvalue weighted by molar-refractivity contribution is 0.834. The van der Waals surface area contributed by atoms with Crippen LogP contribution in [-0.2, 0) is 0 Å². The van der Waals surface area contributed by atoms with Crippen molar-refractivity contribution in [3.8, 4) is 22.3 Å². The molecule has 0 aromatic heterocycles. The summed E-state index contributed by atoms with van der Waals surface area (Å²) in [5.41, 5.74) is 10.9. The summed E-state index contributed by atoms with van der Waals surface area (Å²) in [6, 6.07) is 51.7. The van der Waals surface area contributed by atoms with Gasteiger partial charge >= 0.3 is 0 Å². The third kappa shape index (κ3) is 5.49. The van der Waals surface area contributed by atoms with Gasteiger partial charge in [-0.05, 0) is 145 Å². The van der Waals surface area contributed by atoms with Gasteiger partial charge in [0.25, 0.3) is 0 Å². The van der Waals surface area contributed by atoms with Crippen LogP contribution in [0.5, 0.6) is 0 Å². The molecule has 9 aromatic carbocycles. The maximum Gasteiger partial charge on any atom is -0.00201 e. The lowest BCUT2D eigenvalue weighted by Crippen LogP contribution is -1.98. The summed E-state index contributed by atoms with van der Waals surface area (Å²) in [5, 5.41) is 15.7. The summed E-state index contributed by atoms with van der Waals surface area (Å²) in [4.78, 5) is 0. The quantitative estimate of drug-likeness (QED) is 0.120. The first-order chi connectivity index (χ1) is 26.1. The van der Waals surface area contributed by atoms with Crippen LogP contribution in [0.15, 0.2) is 133 Å². The molecule has 0 bridgehead atoms. The minimum Gasteiger partial charge on any atom is -0.0616 e. The van der Waals surface area contributed by atoms with E-state index in [9.17, 15) is 0 Å². The van der Waals surface area contributed by atoms with Gasteiger partial charge in [-0.3, -0.25) is 0 Å². The molecule has 266 valence electrons. The van der Waals surface area contributed by atoms with Gasteiger partial charge in [-0.15, -0.1) is 0 Å². The summed E-state index contributed by atoms with van der Waals surface area (Å²) < 4.78 is 0. The second-order valence-corrected chi connectivity index (χ2v) is 16.9. The van der Waals surface area contributed by atoms with E-state index < -0.39 is 0 Å². The number of benzene rings is 9. The molecule has 0 aliphatic carbocycles. The number of fused-ring (bicyclic) bond motifs is 10. The van der Waals surface area contributed by atoms with E-state index >= 15 is 0 Å². The van der Waals surface area contributed by atoms with Crippen LogP contribution in [0.3, 0.4) is 0 Å². The average Bonchev–Trinajstić information content (AvgIpc) is 3.18. The highest BCUT2D eigenvalue weighted by molar-refractivity contribution is 6.35. The van der Waals surface area contributed by atoms with Crippen molar-refractivity contribution < 1.29 is 0 Å². The molecule has 0 heterocycles. The van der Waals surface area contributed by atoms with Crippen molar-refractivity contribution in [2.24, 2.45) is 0 Å². The summed E-state index contributed by atoms with van der Waals surface area (Å²) >= 11 is 0. The van der Waals surface area contributed by atoms with E-state index in [2.05, 4.69) is 189 Å². The Hall–Kier alpha value is -5.46. The third-order valence-electron chi connectivity index (χ3n) is 12.1. The van der Waals surface area contributed by atoms with Crippen LogP contribution in [0, 0.1) is 0 Å². The molecule has 0 N–H and O–H groups in total. The van der Waals surface area contributed by atoms with Crippen LogP contribution in [-0.4, -0.2) is 0 Å². The van der Waals surface area contributed by atoms with E-state index in [0.717, 1.165) is 0 Å². The first-order valence-corrected chi connectivity index (χ1v) is 20.0. The fourth-order valence-corrected chi connectivity index (χ4v) is 8.99. The van der Waals surface area contributed by atoms with Crippen molar-refractivity contribution in [2.45, 2.75) is 79.1 Å². The van der Waals surface area contributed by atoms with Gasteiger partial charge in [-0.25, -0.2) is 0 Å². The van der Waals surface area contributed by atoms with E-state index in [0.29, 0.717) is 23.7 Å². The smallest absolute Gasteiger partial charge is 0.00201 e. The maximum absolute atomic E-state index is 2.57. The Morgan fingerprint density at radius 3 is 1.13 bits per heavy atom. The van der Waals surface area contributed by atoms with Gasteiger partial charge in [-0.2, -0.15) is 0 Å². The topological polar surface area (TPSA) is 0 Å². The number of rotatable bonds is 6. The Kier molecular flexibility index (Phi) is 8.35. The van der Waals surface area contributed by atoms with Crippen LogP contribution >= 0.6 is 0 Å². The largest absolute Gasteiger partial charge is 0.0616 e. The van der Waals surface area contributed by atoms with Crippen molar-refractivity contribution >= 4 is 64.6 Å². The zero-order valence-electron chi connectivity index (χ0n) is 33.0. The monoisotopic (exact) mass is 698 g/mol. The molecule has 0 aliphatic rings. The van der Waals surface area contributed by atoms with E-state index in [1.165, 1.54) is 109 Å². The second kappa shape index (κ2) is 13.1. The SMILES string of the molecule is CC(C)c1cc(-c2c3ccccc3c(-c3cc(C(C)C)cc(C(C)C)c3)c3cc4c(cc23)c2ccccc2c2ccc3ccccc3c24)cc(C(C)C)c1. The van der Waals surface area contributed by atoms with Crippen LogP contribution in [0.25, 0.3) is 86.9 Å². The maximum atomic E-state index is 2.57. The minimum atomic E-state index is 0.426. The number of hydrogen-bond donors (Lipinski definition) is 0. The lowest BCUT2D eigenvalue weighted by atomic mass is 9.81. The van der Waals surface area contributed by atoms with E-state index in [1.807, 2.05) is 0 Å². The predicted octanol–water partition coefficient (Wildman–Crippen LogP) is 16.4. The van der Waals surface area contributed by atoms with E-state index in [4.69, 9.17) is 0 Å². The van der Waals surface area contributed by atoms with Gasteiger partial charge < -0.3 is 0 Å². The van der Waals surface area contributed by atoms with Crippen LogP contribution < -0.4 is 0 Å². The molecule has 0 aliphatic heterocycles. The van der Waals surface area contributed by atoms with Gasteiger partial charge in [0, 0.05) is 0 Å². The fraction of sp³-hybridized carbons (Fsp3) is 0.222. The highest BCUT2D eigenvalue weighted by atomic mass is 14.3. The highest BCUT2D eigenvalue weighted by Gasteiger charge is 2.22. The molecule has 0 nitrogen and oxygen atoms in total. The van der Waals surface area contributed by atoms with Gasteiger partial charge in [0.1, 0.15) is 0 Å². The summed E-state index contributed by atoms with van der Waals surface area (Å²) in [6.07, 6.45) is 0. The molecular formula is C54H50. The molecular weight excluding hydrogens is 649 g/mol. The Bertz CT molecular complexity index is 2870. The zero-order valence-corrected chi connectivity index (χ0v) is 33.0. The molecule has 0 heteroatoms. The van der Waals surface area contributed by atoms with Crippen LogP contribution in [0.2, 0.25) is 0 Å². The van der Waals surface area contributed by atoms with Crippen molar-refractivity contribution in [2.75, 3.05) is 0 Å². The molecule has 54 heavy (non-hydrogen) atoms. The van der Waals surface area contributed by atoms with Gasteiger partial charge in [0.15, 0.2) is 0 Å². The van der Waals surface area contributed by atoms with Gasteiger partial charge in [0.2, 0.25) is 0 Å². The van der Waals surface area contributed by atoms with Crippen molar-refractivity contribution in [3.05, 3.63) is 156 Å². The lowest BCUT2D eigenvalue weighted by Gasteiger charge is -2.23. The standard InChI is InChI=1S/C54H50/c1-31(2)36-23-37(32(3)4)26-40(25-36)52-45-19-13-14-20-46(45)53(41-27-38(33(5)6)24-39(28-41)34(7)8)51-30-49-48(29-50(51)52)44-18-12-11-17-43(44)47-22-21-35-15-9-10-16-42(35)54(47)49/h9-34H,1-8H3.